The molecule has 106 valence electrons. The normalized spacial score (nSPS) is 30.4. The van der Waals surface area contributed by atoms with E-state index in [2.05, 4.69) is 21.2 Å². The predicted octanol–water partition coefficient (Wildman–Crippen LogP) is 2.37. The summed E-state index contributed by atoms with van der Waals surface area (Å²) in [6.45, 7) is 0.726. The molecule has 3 atom stereocenters. The Labute approximate surface area is 126 Å². The second kappa shape index (κ2) is 5.66. The number of rotatable bonds is 2. The summed E-state index contributed by atoms with van der Waals surface area (Å²) in [5, 5.41) is 2.45. The van der Waals surface area contributed by atoms with Gasteiger partial charge >= 0.3 is 0 Å². The number of imide groups is 1. The first-order chi connectivity index (χ1) is 9.65. The van der Waals surface area contributed by atoms with Crippen LogP contribution < -0.4 is 5.32 Å². The molecule has 2 amide bonds. The molecule has 1 aromatic rings. The molecule has 0 aliphatic carbocycles. The summed E-state index contributed by atoms with van der Waals surface area (Å²) in [4.78, 5) is 23.9. The largest absolute Gasteiger partial charge is 0.378 e. The van der Waals surface area contributed by atoms with Gasteiger partial charge in [0.2, 0.25) is 11.8 Å². The first-order valence-electron chi connectivity index (χ1n) is 6.86. The van der Waals surface area contributed by atoms with Crippen molar-refractivity contribution in [2.75, 3.05) is 6.61 Å². The lowest BCUT2D eigenvalue weighted by atomic mass is 9.76. The van der Waals surface area contributed by atoms with Gasteiger partial charge in [-0.05, 0) is 30.5 Å². The van der Waals surface area contributed by atoms with Crippen LogP contribution in [0.3, 0.4) is 0 Å². The zero-order valence-corrected chi connectivity index (χ0v) is 12.6. The van der Waals surface area contributed by atoms with E-state index in [-0.39, 0.29) is 29.8 Å². The van der Waals surface area contributed by atoms with E-state index in [0.29, 0.717) is 6.42 Å². The van der Waals surface area contributed by atoms with Gasteiger partial charge in [0.15, 0.2) is 0 Å². The summed E-state index contributed by atoms with van der Waals surface area (Å²) >= 11 is 3.40. The third-order valence-electron chi connectivity index (χ3n) is 4.07. The van der Waals surface area contributed by atoms with E-state index in [9.17, 15) is 9.59 Å². The first-order valence-corrected chi connectivity index (χ1v) is 7.65. The second-order valence-corrected chi connectivity index (χ2v) is 6.28. The number of amides is 2. The summed E-state index contributed by atoms with van der Waals surface area (Å²) in [5.41, 5.74) is 0.943. The predicted molar refractivity (Wildman–Crippen MR) is 77.1 cm³/mol. The molecule has 0 saturated carbocycles. The van der Waals surface area contributed by atoms with Crippen LogP contribution >= 0.6 is 15.9 Å². The molecular weight excluding hydrogens is 322 g/mol. The molecule has 0 aromatic heterocycles. The van der Waals surface area contributed by atoms with Crippen molar-refractivity contribution in [3.8, 4) is 0 Å². The molecule has 20 heavy (non-hydrogen) atoms. The number of hydrogen-bond acceptors (Lipinski definition) is 3. The molecule has 1 N–H and O–H groups in total. The molecule has 4 nitrogen and oxygen atoms in total. The Kier molecular flexibility index (Phi) is 3.89. The maximum absolute atomic E-state index is 12.3. The molecule has 2 saturated heterocycles. The SMILES string of the molecule is O=C1CC(C2CCCO2)C(c2ccc(Br)cc2)C(=O)N1. The molecule has 2 heterocycles. The van der Waals surface area contributed by atoms with Crippen LogP contribution in [0.15, 0.2) is 28.7 Å². The molecule has 1 aromatic carbocycles. The quantitative estimate of drug-likeness (QED) is 0.843. The van der Waals surface area contributed by atoms with Crippen molar-refractivity contribution in [2.45, 2.75) is 31.3 Å². The van der Waals surface area contributed by atoms with E-state index < -0.39 is 0 Å². The second-order valence-electron chi connectivity index (χ2n) is 5.36. The highest BCUT2D eigenvalue weighted by atomic mass is 79.9. The minimum atomic E-state index is -0.302. The van der Waals surface area contributed by atoms with Crippen molar-refractivity contribution < 1.29 is 14.3 Å². The standard InChI is InChI=1S/C15H16BrNO3/c16-10-5-3-9(4-6-10)14-11(12-2-1-7-20-12)8-13(18)17-15(14)19/h3-6,11-12,14H,1-2,7-8H2,(H,17,18,19). The molecule has 2 aliphatic rings. The molecule has 3 rings (SSSR count). The Morgan fingerprint density at radius 1 is 1.20 bits per heavy atom. The van der Waals surface area contributed by atoms with Crippen LogP contribution in [-0.2, 0) is 14.3 Å². The Bertz CT molecular complexity index is 522. The molecule has 3 unspecified atom stereocenters. The third-order valence-corrected chi connectivity index (χ3v) is 4.59. The van der Waals surface area contributed by atoms with E-state index in [0.717, 1.165) is 29.5 Å². The Morgan fingerprint density at radius 3 is 2.60 bits per heavy atom. The fourth-order valence-electron chi connectivity index (χ4n) is 3.15. The van der Waals surface area contributed by atoms with Gasteiger partial charge in [0, 0.05) is 23.4 Å². The molecule has 2 fully saturated rings. The van der Waals surface area contributed by atoms with Crippen LogP contribution in [0.4, 0.5) is 0 Å². The number of nitrogens with one attached hydrogen (secondary N) is 1. The number of halogens is 1. The van der Waals surface area contributed by atoms with Crippen LogP contribution in [-0.4, -0.2) is 24.5 Å². The summed E-state index contributed by atoms with van der Waals surface area (Å²) in [5.74, 6) is -0.753. The molecule has 0 radical (unpaired) electrons. The van der Waals surface area contributed by atoms with Crippen molar-refractivity contribution in [3.63, 3.8) is 0 Å². The highest BCUT2D eigenvalue weighted by molar-refractivity contribution is 9.10. The van der Waals surface area contributed by atoms with Crippen LogP contribution in [0.1, 0.15) is 30.7 Å². The van der Waals surface area contributed by atoms with Crippen LogP contribution in [0.25, 0.3) is 0 Å². The van der Waals surface area contributed by atoms with Gasteiger partial charge in [-0.2, -0.15) is 0 Å². The number of benzene rings is 1. The average Bonchev–Trinajstić information content (AvgIpc) is 2.93. The van der Waals surface area contributed by atoms with E-state index in [1.807, 2.05) is 24.3 Å². The molecular formula is C15H16BrNO3. The van der Waals surface area contributed by atoms with Crippen molar-refractivity contribution in [3.05, 3.63) is 34.3 Å². The van der Waals surface area contributed by atoms with E-state index >= 15 is 0 Å². The lowest BCUT2D eigenvalue weighted by molar-refractivity contribution is -0.138. The zero-order valence-electron chi connectivity index (χ0n) is 11.0. The topological polar surface area (TPSA) is 55.4 Å². The minimum absolute atomic E-state index is 0.0126. The van der Waals surface area contributed by atoms with Gasteiger partial charge in [-0.15, -0.1) is 0 Å². The lowest BCUT2D eigenvalue weighted by Crippen LogP contribution is -2.47. The van der Waals surface area contributed by atoms with Crippen LogP contribution in [0.2, 0.25) is 0 Å². The molecule has 0 bridgehead atoms. The first kappa shape index (κ1) is 13.8. The van der Waals surface area contributed by atoms with Gasteiger partial charge in [0.25, 0.3) is 0 Å². The van der Waals surface area contributed by atoms with Gasteiger partial charge in [-0.3, -0.25) is 14.9 Å². The fraction of sp³-hybridized carbons (Fsp3) is 0.467. The highest BCUT2D eigenvalue weighted by Crippen LogP contribution is 2.37. The Balaban J connectivity index is 1.92. The summed E-state index contributed by atoms with van der Waals surface area (Å²) in [7, 11) is 0. The summed E-state index contributed by atoms with van der Waals surface area (Å²) in [6.07, 6.45) is 2.30. The minimum Gasteiger partial charge on any atom is -0.378 e. The van der Waals surface area contributed by atoms with Crippen LogP contribution in [0.5, 0.6) is 0 Å². The maximum atomic E-state index is 12.3. The Morgan fingerprint density at radius 2 is 1.95 bits per heavy atom. The van der Waals surface area contributed by atoms with E-state index in [1.54, 1.807) is 0 Å². The number of hydrogen-bond donors (Lipinski definition) is 1. The number of ether oxygens (including phenoxy) is 1. The summed E-state index contributed by atoms with van der Waals surface area (Å²) in [6, 6.07) is 7.72. The number of carbonyl (C=O) groups excluding carboxylic acids is 2. The van der Waals surface area contributed by atoms with Gasteiger partial charge in [-0.1, -0.05) is 28.1 Å². The van der Waals surface area contributed by atoms with Gasteiger partial charge in [0.1, 0.15) is 0 Å². The van der Waals surface area contributed by atoms with E-state index in [1.165, 1.54) is 0 Å². The average molecular weight is 338 g/mol. The molecule has 5 heteroatoms. The van der Waals surface area contributed by atoms with Crippen molar-refractivity contribution >= 4 is 27.7 Å². The van der Waals surface area contributed by atoms with Crippen molar-refractivity contribution in [1.82, 2.24) is 5.32 Å². The molecule has 0 spiro atoms. The van der Waals surface area contributed by atoms with Gasteiger partial charge in [-0.25, -0.2) is 0 Å². The summed E-state index contributed by atoms with van der Waals surface area (Å²) < 4.78 is 6.70. The van der Waals surface area contributed by atoms with Crippen molar-refractivity contribution in [2.24, 2.45) is 5.92 Å². The third kappa shape index (κ3) is 2.65. The van der Waals surface area contributed by atoms with Crippen LogP contribution in [0, 0.1) is 5.92 Å². The lowest BCUT2D eigenvalue weighted by Gasteiger charge is -2.33. The number of carbonyl (C=O) groups is 2. The monoisotopic (exact) mass is 337 g/mol. The Hall–Kier alpha value is -1.20. The maximum Gasteiger partial charge on any atom is 0.234 e. The molecule has 2 aliphatic heterocycles. The van der Waals surface area contributed by atoms with E-state index in [4.69, 9.17) is 4.74 Å². The highest BCUT2D eigenvalue weighted by Gasteiger charge is 2.42. The van der Waals surface area contributed by atoms with Crippen molar-refractivity contribution in [1.29, 1.82) is 0 Å². The van der Waals surface area contributed by atoms with Gasteiger partial charge in [0.05, 0.1) is 12.0 Å². The fourth-order valence-corrected chi connectivity index (χ4v) is 3.41. The van der Waals surface area contributed by atoms with Gasteiger partial charge < -0.3 is 4.74 Å². The zero-order chi connectivity index (χ0) is 14.1. The number of piperidine rings is 1. The smallest absolute Gasteiger partial charge is 0.234 e.